The third-order valence-corrected chi connectivity index (χ3v) is 2.31. The van der Waals surface area contributed by atoms with E-state index >= 15 is 0 Å². The molecule has 0 radical (unpaired) electrons. The van der Waals surface area contributed by atoms with Gasteiger partial charge >= 0.3 is 0 Å². The monoisotopic (exact) mass is 221 g/mol. The normalized spacial score (nSPS) is 12.1. The Hall–Kier alpha value is -1.42. The molecule has 0 aliphatic rings. The van der Waals surface area contributed by atoms with Gasteiger partial charge in [0.2, 0.25) is 5.91 Å². The van der Waals surface area contributed by atoms with Crippen LogP contribution in [0.5, 0.6) is 0 Å². The number of nitrogens with one attached hydrogen (secondary N) is 2. The molecule has 0 bridgehead atoms. The number of carbonyl (C=O) groups is 1. The van der Waals surface area contributed by atoms with E-state index in [1.54, 1.807) is 6.20 Å². The molecule has 1 atom stereocenters. The van der Waals surface area contributed by atoms with Crippen molar-refractivity contribution in [2.75, 3.05) is 13.1 Å². The van der Waals surface area contributed by atoms with Crippen molar-refractivity contribution in [3.8, 4) is 0 Å². The number of aromatic nitrogens is 1. The van der Waals surface area contributed by atoms with E-state index in [-0.39, 0.29) is 11.9 Å². The molecular formula is C12H19N3O. The first kappa shape index (κ1) is 12.6. The van der Waals surface area contributed by atoms with Crippen LogP contribution in [0.1, 0.15) is 32.0 Å². The zero-order chi connectivity index (χ0) is 11.8. The molecule has 1 aromatic rings. The smallest absolute Gasteiger partial charge is 0.221 e. The van der Waals surface area contributed by atoms with Crippen LogP contribution in [-0.4, -0.2) is 24.0 Å². The van der Waals surface area contributed by atoms with Crippen LogP contribution in [0.4, 0.5) is 0 Å². The molecule has 4 heteroatoms. The first-order chi connectivity index (χ1) is 7.74. The molecular weight excluding hydrogens is 202 g/mol. The molecule has 0 spiro atoms. The second kappa shape index (κ2) is 6.95. The fourth-order valence-corrected chi connectivity index (χ4v) is 1.42. The average molecular weight is 221 g/mol. The van der Waals surface area contributed by atoms with Crippen LogP contribution in [0, 0.1) is 0 Å². The van der Waals surface area contributed by atoms with Gasteiger partial charge in [-0.1, -0.05) is 6.07 Å². The summed E-state index contributed by atoms with van der Waals surface area (Å²) in [6, 6.07) is 6.01. The summed E-state index contributed by atoms with van der Waals surface area (Å²) in [5.41, 5.74) is 0.999. The van der Waals surface area contributed by atoms with Gasteiger partial charge in [-0.2, -0.15) is 0 Å². The molecule has 0 aromatic carbocycles. The van der Waals surface area contributed by atoms with Crippen LogP contribution in [0.2, 0.25) is 0 Å². The molecule has 1 amide bonds. The van der Waals surface area contributed by atoms with Gasteiger partial charge in [-0.3, -0.25) is 9.78 Å². The Kier molecular flexibility index (Phi) is 5.50. The average Bonchev–Trinajstić information content (AvgIpc) is 2.30. The van der Waals surface area contributed by atoms with Crippen LogP contribution >= 0.6 is 0 Å². The van der Waals surface area contributed by atoms with Gasteiger partial charge < -0.3 is 10.6 Å². The van der Waals surface area contributed by atoms with E-state index in [9.17, 15) is 4.79 Å². The molecule has 0 aliphatic carbocycles. The molecule has 1 rings (SSSR count). The maximum Gasteiger partial charge on any atom is 0.221 e. The van der Waals surface area contributed by atoms with E-state index in [1.165, 1.54) is 0 Å². The second-order valence-corrected chi connectivity index (χ2v) is 3.63. The van der Waals surface area contributed by atoms with Crippen LogP contribution < -0.4 is 10.6 Å². The van der Waals surface area contributed by atoms with Crippen molar-refractivity contribution in [1.82, 2.24) is 15.6 Å². The van der Waals surface area contributed by atoms with E-state index in [0.29, 0.717) is 19.5 Å². The van der Waals surface area contributed by atoms with Gasteiger partial charge in [0.25, 0.3) is 0 Å². The highest BCUT2D eigenvalue weighted by Crippen LogP contribution is 2.07. The van der Waals surface area contributed by atoms with Crippen molar-refractivity contribution in [2.45, 2.75) is 26.3 Å². The van der Waals surface area contributed by atoms with Crippen LogP contribution in [0.3, 0.4) is 0 Å². The third kappa shape index (κ3) is 4.40. The molecule has 0 unspecified atom stereocenters. The lowest BCUT2D eigenvalue weighted by Crippen LogP contribution is -2.28. The molecule has 0 saturated carbocycles. The second-order valence-electron chi connectivity index (χ2n) is 3.63. The van der Waals surface area contributed by atoms with E-state index in [4.69, 9.17) is 0 Å². The van der Waals surface area contributed by atoms with Gasteiger partial charge in [-0.05, 0) is 26.0 Å². The largest absolute Gasteiger partial charge is 0.356 e. The summed E-state index contributed by atoms with van der Waals surface area (Å²) >= 11 is 0. The zero-order valence-corrected chi connectivity index (χ0v) is 9.86. The zero-order valence-electron chi connectivity index (χ0n) is 9.86. The summed E-state index contributed by atoms with van der Waals surface area (Å²) in [6.45, 7) is 5.32. The number of amides is 1. The van der Waals surface area contributed by atoms with E-state index in [0.717, 1.165) is 5.69 Å². The predicted molar refractivity (Wildman–Crippen MR) is 64.0 cm³/mol. The summed E-state index contributed by atoms with van der Waals surface area (Å²) in [5, 5.41) is 6.03. The lowest BCUT2D eigenvalue weighted by atomic mass is 10.2. The van der Waals surface area contributed by atoms with Crippen LogP contribution in [0.15, 0.2) is 24.4 Å². The molecule has 4 nitrogen and oxygen atoms in total. The Morgan fingerprint density at radius 1 is 1.50 bits per heavy atom. The molecule has 0 saturated heterocycles. The third-order valence-electron chi connectivity index (χ3n) is 2.31. The lowest BCUT2D eigenvalue weighted by Gasteiger charge is -2.12. The summed E-state index contributed by atoms with van der Waals surface area (Å²) in [7, 11) is 0. The van der Waals surface area contributed by atoms with Crippen molar-refractivity contribution >= 4 is 5.91 Å². The first-order valence-corrected chi connectivity index (χ1v) is 5.65. The quantitative estimate of drug-likeness (QED) is 0.760. The van der Waals surface area contributed by atoms with Crippen molar-refractivity contribution in [3.63, 3.8) is 0 Å². The lowest BCUT2D eigenvalue weighted by molar-refractivity contribution is -0.120. The molecule has 88 valence electrons. The highest BCUT2D eigenvalue weighted by Gasteiger charge is 2.05. The summed E-state index contributed by atoms with van der Waals surface area (Å²) in [6.07, 6.45) is 2.28. The summed E-state index contributed by atoms with van der Waals surface area (Å²) in [4.78, 5) is 15.4. The number of carbonyl (C=O) groups excluding carboxylic acids is 1. The van der Waals surface area contributed by atoms with Crippen LogP contribution in [-0.2, 0) is 4.79 Å². The number of hydrogen-bond acceptors (Lipinski definition) is 3. The Morgan fingerprint density at radius 3 is 2.94 bits per heavy atom. The van der Waals surface area contributed by atoms with Crippen LogP contribution in [0.25, 0.3) is 0 Å². The minimum atomic E-state index is 0.0863. The molecule has 2 N–H and O–H groups in total. The van der Waals surface area contributed by atoms with Gasteiger partial charge in [0.1, 0.15) is 0 Å². The van der Waals surface area contributed by atoms with E-state index in [1.807, 2.05) is 32.0 Å². The van der Waals surface area contributed by atoms with Crippen molar-refractivity contribution < 1.29 is 4.79 Å². The maximum atomic E-state index is 11.2. The van der Waals surface area contributed by atoms with Crippen molar-refractivity contribution in [3.05, 3.63) is 30.1 Å². The van der Waals surface area contributed by atoms with Gasteiger partial charge in [-0.25, -0.2) is 0 Å². The Balaban J connectivity index is 2.26. The minimum absolute atomic E-state index is 0.0863. The Morgan fingerprint density at radius 2 is 2.31 bits per heavy atom. The number of nitrogens with zero attached hydrogens (tertiary/aromatic N) is 1. The van der Waals surface area contributed by atoms with E-state index in [2.05, 4.69) is 15.6 Å². The van der Waals surface area contributed by atoms with Gasteiger partial charge in [0, 0.05) is 31.7 Å². The molecule has 0 fully saturated rings. The fraction of sp³-hybridized carbons (Fsp3) is 0.500. The molecule has 0 aliphatic heterocycles. The SMILES string of the molecule is CCNC(=O)CCN[C@@H](C)c1ccccn1. The maximum absolute atomic E-state index is 11.2. The standard InChI is InChI=1S/C12H19N3O/c1-3-13-12(16)7-9-14-10(2)11-6-4-5-8-15-11/h4-6,8,10,14H,3,7,9H2,1-2H3,(H,13,16)/t10-/m0/s1. The molecule has 1 heterocycles. The number of pyridine rings is 1. The molecule has 16 heavy (non-hydrogen) atoms. The molecule has 1 aromatic heterocycles. The summed E-state index contributed by atoms with van der Waals surface area (Å²) < 4.78 is 0. The van der Waals surface area contributed by atoms with Gasteiger partial charge in [-0.15, -0.1) is 0 Å². The van der Waals surface area contributed by atoms with E-state index < -0.39 is 0 Å². The summed E-state index contributed by atoms with van der Waals surface area (Å²) in [5.74, 6) is 0.0863. The van der Waals surface area contributed by atoms with Crippen molar-refractivity contribution in [1.29, 1.82) is 0 Å². The highest BCUT2D eigenvalue weighted by atomic mass is 16.1. The predicted octanol–water partition coefficient (Wildman–Crippen LogP) is 1.26. The Labute approximate surface area is 96.5 Å². The fourth-order valence-electron chi connectivity index (χ4n) is 1.42. The number of rotatable bonds is 6. The highest BCUT2D eigenvalue weighted by molar-refractivity contribution is 5.75. The topological polar surface area (TPSA) is 54.0 Å². The van der Waals surface area contributed by atoms with Crippen molar-refractivity contribution in [2.24, 2.45) is 0 Å². The van der Waals surface area contributed by atoms with Gasteiger partial charge in [0.05, 0.1) is 5.69 Å². The Bertz CT molecular complexity index is 313. The van der Waals surface area contributed by atoms with Gasteiger partial charge in [0.15, 0.2) is 0 Å². The number of hydrogen-bond donors (Lipinski definition) is 2. The first-order valence-electron chi connectivity index (χ1n) is 5.65. The minimum Gasteiger partial charge on any atom is -0.356 e.